The molecule has 3 N–H and O–H groups in total. The lowest BCUT2D eigenvalue weighted by molar-refractivity contribution is -0.161. The van der Waals surface area contributed by atoms with Crippen LogP contribution < -0.4 is 0 Å². The number of carbonyl (C=O) groups excluding carboxylic acids is 4. The SMILES string of the molecule is CCC(C)CCCCCCCCCCCCCCCCC(=O)OC[C@H](COP(=O)(O)OC[C@@H](O)COP(=O)(O)OC[C@@H](COC(=O)CCCCCCCCC(C)CC)OC(=O)CCCCCCCCCCCCCCCCCCCCC(C)C)OC(=O)CCCCCCCCC(C)CC. The quantitative estimate of drug-likeness (QED) is 0.0222. The molecule has 588 valence electrons. The van der Waals surface area contributed by atoms with Crippen LogP contribution in [-0.4, -0.2) is 96.7 Å². The molecule has 17 nitrogen and oxygen atoms in total. The largest absolute Gasteiger partial charge is 0.472 e. The number of rotatable bonds is 77. The molecule has 8 atom stereocenters. The Labute approximate surface area is 607 Å². The third-order valence-electron chi connectivity index (χ3n) is 19.7. The minimum absolute atomic E-state index is 0.103. The molecule has 0 bridgehead atoms. The highest BCUT2D eigenvalue weighted by Crippen LogP contribution is 2.45. The van der Waals surface area contributed by atoms with Crippen molar-refractivity contribution < 1.29 is 80.2 Å². The number of hydrogen-bond acceptors (Lipinski definition) is 15. The molecule has 0 rings (SSSR count). The summed E-state index contributed by atoms with van der Waals surface area (Å²) in [7, 11) is -9.92. The molecule has 5 unspecified atom stereocenters. The summed E-state index contributed by atoms with van der Waals surface area (Å²) in [6.45, 7) is 14.2. The van der Waals surface area contributed by atoms with Crippen LogP contribution in [0.1, 0.15) is 409 Å². The Kier molecular flexibility index (Phi) is 67.8. The van der Waals surface area contributed by atoms with Crippen molar-refractivity contribution in [2.24, 2.45) is 23.7 Å². The Bertz CT molecular complexity index is 1940. The molecule has 0 heterocycles. The molecule has 0 aromatic heterocycles. The lowest BCUT2D eigenvalue weighted by Crippen LogP contribution is -2.30. The average Bonchev–Trinajstić information content (AvgIpc) is 1.23. The van der Waals surface area contributed by atoms with E-state index in [1.807, 2.05) is 0 Å². The number of unbranched alkanes of at least 4 members (excludes halogenated alkanes) is 40. The standard InChI is InChI=1S/C80H156O17P2/c1-9-71(6)57-49-41-33-29-25-21-18-19-22-26-30-34-44-52-60-77(82)90-66-76(97-80(85)63-55-47-39-37-43-51-59-73(8)11-3)69-95-99(88,89)93-65-74(81)64-92-98(86,87)94-68-75(67-91-78(83)61-53-45-38-36-42-50-58-72(7)10-2)96-79(84)62-54-46-35-31-27-23-17-15-13-12-14-16-20-24-28-32-40-48-56-70(4)5/h70-76,81H,9-69H2,1-8H3,(H,86,87)(H,88,89)/t71?,72?,73?,74-,75+,76+/m0/s1. The van der Waals surface area contributed by atoms with E-state index in [0.717, 1.165) is 120 Å². The van der Waals surface area contributed by atoms with Crippen LogP contribution in [0.25, 0.3) is 0 Å². The van der Waals surface area contributed by atoms with E-state index >= 15 is 0 Å². The zero-order valence-electron chi connectivity index (χ0n) is 65.1. The van der Waals surface area contributed by atoms with Gasteiger partial charge in [-0.25, -0.2) is 9.13 Å². The van der Waals surface area contributed by atoms with Gasteiger partial charge in [-0.15, -0.1) is 0 Å². The predicted octanol–water partition coefficient (Wildman–Crippen LogP) is 23.6. The van der Waals surface area contributed by atoms with Gasteiger partial charge in [0.15, 0.2) is 12.2 Å². The highest BCUT2D eigenvalue weighted by atomic mass is 31.2. The van der Waals surface area contributed by atoms with E-state index < -0.39 is 97.5 Å². The molecule has 0 saturated carbocycles. The van der Waals surface area contributed by atoms with E-state index in [9.17, 15) is 43.2 Å². The van der Waals surface area contributed by atoms with E-state index in [1.54, 1.807) is 0 Å². The van der Waals surface area contributed by atoms with Crippen molar-refractivity contribution in [2.75, 3.05) is 39.6 Å². The van der Waals surface area contributed by atoms with Crippen LogP contribution in [0.2, 0.25) is 0 Å². The number of ether oxygens (including phenoxy) is 4. The van der Waals surface area contributed by atoms with Crippen LogP contribution in [0.3, 0.4) is 0 Å². The monoisotopic (exact) mass is 1450 g/mol. The molecular formula is C80H156O17P2. The maximum absolute atomic E-state index is 13.1. The number of carbonyl (C=O) groups is 4. The summed E-state index contributed by atoms with van der Waals surface area (Å²) in [6.07, 6.45) is 55.7. The predicted molar refractivity (Wildman–Crippen MR) is 404 cm³/mol. The normalized spacial score (nSPS) is 14.9. The van der Waals surface area contributed by atoms with Crippen molar-refractivity contribution in [3.8, 4) is 0 Å². The number of hydrogen-bond donors (Lipinski definition) is 3. The second-order valence-electron chi connectivity index (χ2n) is 30.0. The Morgan fingerprint density at radius 1 is 0.283 bits per heavy atom. The van der Waals surface area contributed by atoms with Gasteiger partial charge in [0.05, 0.1) is 26.4 Å². The molecular weight excluding hydrogens is 1290 g/mol. The molecule has 0 spiro atoms. The lowest BCUT2D eigenvalue weighted by atomic mass is 9.99. The third-order valence-corrected chi connectivity index (χ3v) is 21.6. The summed E-state index contributed by atoms with van der Waals surface area (Å²) in [5.74, 6) is 1.00. The van der Waals surface area contributed by atoms with Crippen LogP contribution in [0.4, 0.5) is 0 Å². The zero-order valence-corrected chi connectivity index (χ0v) is 66.9. The van der Waals surface area contributed by atoms with Gasteiger partial charge in [0.2, 0.25) is 0 Å². The fourth-order valence-electron chi connectivity index (χ4n) is 12.2. The molecule has 0 aliphatic rings. The molecule has 0 radical (unpaired) electrons. The maximum Gasteiger partial charge on any atom is 0.472 e. The summed E-state index contributed by atoms with van der Waals surface area (Å²) in [4.78, 5) is 72.9. The van der Waals surface area contributed by atoms with Gasteiger partial charge in [0, 0.05) is 25.7 Å². The first-order valence-corrected chi connectivity index (χ1v) is 44.3. The summed E-state index contributed by atoms with van der Waals surface area (Å²) >= 11 is 0. The van der Waals surface area contributed by atoms with E-state index in [-0.39, 0.29) is 25.7 Å². The fraction of sp³-hybridized carbons (Fsp3) is 0.950. The molecule has 0 aliphatic heterocycles. The van der Waals surface area contributed by atoms with E-state index in [4.69, 9.17) is 37.0 Å². The number of esters is 4. The summed E-state index contributed by atoms with van der Waals surface area (Å²) in [5.41, 5.74) is 0. The van der Waals surface area contributed by atoms with Crippen molar-refractivity contribution in [1.82, 2.24) is 0 Å². The Balaban J connectivity index is 5.16. The second-order valence-corrected chi connectivity index (χ2v) is 32.9. The molecule has 0 saturated heterocycles. The molecule has 99 heavy (non-hydrogen) atoms. The van der Waals surface area contributed by atoms with Crippen molar-refractivity contribution in [2.45, 2.75) is 427 Å². The molecule has 0 fully saturated rings. The summed E-state index contributed by atoms with van der Waals surface area (Å²) < 4.78 is 68.6. The zero-order chi connectivity index (χ0) is 73.1. The Hall–Kier alpha value is -1.94. The molecule has 0 aliphatic carbocycles. The average molecular weight is 1450 g/mol. The Morgan fingerprint density at radius 3 is 0.717 bits per heavy atom. The first-order valence-electron chi connectivity index (χ1n) is 41.3. The van der Waals surface area contributed by atoms with Gasteiger partial charge in [-0.2, -0.15) is 0 Å². The number of aliphatic hydroxyl groups excluding tert-OH is 1. The van der Waals surface area contributed by atoms with Crippen molar-refractivity contribution >= 4 is 39.5 Å². The fourth-order valence-corrected chi connectivity index (χ4v) is 13.7. The first-order chi connectivity index (χ1) is 47.7. The van der Waals surface area contributed by atoms with Crippen molar-refractivity contribution in [3.05, 3.63) is 0 Å². The van der Waals surface area contributed by atoms with Gasteiger partial charge < -0.3 is 33.8 Å². The highest BCUT2D eigenvalue weighted by Gasteiger charge is 2.30. The minimum Gasteiger partial charge on any atom is -0.462 e. The smallest absolute Gasteiger partial charge is 0.462 e. The topological polar surface area (TPSA) is 237 Å². The van der Waals surface area contributed by atoms with Gasteiger partial charge in [-0.1, -0.05) is 357 Å². The van der Waals surface area contributed by atoms with Crippen molar-refractivity contribution in [3.63, 3.8) is 0 Å². The van der Waals surface area contributed by atoms with Crippen LogP contribution >= 0.6 is 15.6 Å². The van der Waals surface area contributed by atoms with E-state index in [1.165, 1.54) is 205 Å². The van der Waals surface area contributed by atoms with Gasteiger partial charge in [0.25, 0.3) is 0 Å². The third kappa shape index (κ3) is 70.2. The van der Waals surface area contributed by atoms with Crippen LogP contribution in [0, 0.1) is 23.7 Å². The molecule has 19 heteroatoms. The van der Waals surface area contributed by atoms with E-state index in [2.05, 4.69) is 55.4 Å². The molecule has 0 aromatic carbocycles. The number of phosphoric acid groups is 2. The van der Waals surface area contributed by atoms with Crippen molar-refractivity contribution in [1.29, 1.82) is 0 Å². The van der Waals surface area contributed by atoms with Gasteiger partial charge >= 0.3 is 39.5 Å². The number of phosphoric ester groups is 2. The summed E-state index contributed by atoms with van der Waals surface area (Å²) in [6, 6.07) is 0. The Morgan fingerprint density at radius 2 is 0.485 bits per heavy atom. The minimum atomic E-state index is -4.96. The van der Waals surface area contributed by atoms with Crippen LogP contribution in [0.5, 0.6) is 0 Å². The van der Waals surface area contributed by atoms with Gasteiger partial charge in [0.1, 0.15) is 19.3 Å². The van der Waals surface area contributed by atoms with Crippen LogP contribution in [0.15, 0.2) is 0 Å². The van der Waals surface area contributed by atoms with E-state index in [0.29, 0.717) is 25.7 Å². The van der Waals surface area contributed by atoms with Crippen LogP contribution in [-0.2, 0) is 65.4 Å². The molecule has 0 aromatic rings. The lowest BCUT2D eigenvalue weighted by Gasteiger charge is -2.21. The summed E-state index contributed by atoms with van der Waals surface area (Å²) in [5, 5.41) is 10.6. The number of aliphatic hydroxyl groups is 1. The van der Waals surface area contributed by atoms with Gasteiger partial charge in [-0.3, -0.25) is 37.3 Å². The first kappa shape index (κ1) is 97.1. The highest BCUT2D eigenvalue weighted by molar-refractivity contribution is 7.47. The molecule has 0 amide bonds. The second kappa shape index (κ2) is 69.1. The van der Waals surface area contributed by atoms with Gasteiger partial charge in [-0.05, 0) is 49.4 Å². The maximum atomic E-state index is 13.1.